The van der Waals surface area contributed by atoms with Gasteiger partial charge in [-0.15, -0.1) is 0 Å². The van der Waals surface area contributed by atoms with Crippen molar-refractivity contribution in [1.29, 1.82) is 0 Å². The molecule has 0 bridgehead atoms. The van der Waals surface area contributed by atoms with E-state index < -0.39 is 40.2 Å². The average Bonchev–Trinajstić information content (AvgIpc) is 3.06. The van der Waals surface area contributed by atoms with Crippen molar-refractivity contribution in [2.75, 3.05) is 18.0 Å². The van der Waals surface area contributed by atoms with E-state index in [1.54, 1.807) is 42.5 Å². The molecule has 4 aromatic carbocycles. The summed E-state index contributed by atoms with van der Waals surface area (Å²) in [5.41, 5.74) is 2.16. The first-order valence-corrected chi connectivity index (χ1v) is 16.6. The lowest BCUT2D eigenvalue weighted by Crippen LogP contribution is -2.54. The van der Waals surface area contributed by atoms with E-state index in [1.165, 1.54) is 42.3 Å². The number of nitrogens with one attached hydrogen (secondary N) is 1. The third kappa shape index (κ3) is 8.51. The monoisotopic (exact) mass is 645 g/mol. The van der Waals surface area contributed by atoms with Gasteiger partial charge in [-0.3, -0.25) is 13.9 Å². The second kappa shape index (κ2) is 15.5. The number of hydrogen-bond donors (Lipinski definition) is 1. The molecule has 0 aliphatic heterocycles. The van der Waals surface area contributed by atoms with Crippen LogP contribution in [0.3, 0.4) is 0 Å². The van der Waals surface area contributed by atoms with Crippen molar-refractivity contribution >= 4 is 27.5 Å². The van der Waals surface area contributed by atoms with E-state index in [4.69, 9.17) is 4.74 Å². The van der Waals surface area contributed by atoms with Gasteiger partial charge in [0.2, 0.25) is 11.8 Å². The second-order valence-electron chi connectivity index (χ2n) is 11.2. The third-order valence-electron chi connectivity index (χ3n) is 7.82. The van der Waals surface area contributed by atoms with Crippen LogP contribution in [0.2, 0.25) is 0 Å². The van der Waals surface area contributed by atoms with Gasteiger partial charge in [-0.1, -0.05) is 73.2 Å². The van der Waals surface area contributed by atoms with Crippen LogP contribution in [0.25, 0.3) is 0 Å². The number of nitrogens with zero attached hydrogens (tertiary/aromatic N) is 2. The van der Waals surface area contributed by atoms with Gasteiger partial charge in [0.1, 0.15) is 24.2 Å². The molecule has 0 spiro atoms. The van der Waals surface area contributed by atoms with E-state index in [0.29, 0.717) is 12.2 Å². The number of carbonyl (C=O) groups is 2. The molecule has 242 valence electrons. The van der Waals surface area contributed by atoms with E-state index >= 15 is 4.39 Å². The van der Waals surface area contributed by atoms with Crippen molar-refractivity contribution in [1.82, 2.24) is 10.2 Å². The van der Waals surface area contributed by atoms with Gasteiger partial charge < -0.3 is 15.0 Å². The van der Waals surface area contributed by atoms with Crippen LogP contribution in [0.15, 0.2) is 108 Å². The Labute approximate surface area is 270 Å². The van der Waals surface area contributed by atoms with Gasteiger partial charge in [-0.25, -0.2) is 12.8 Å². The third-order valence-corrected chi connectivity index (χ3v) is 9.61. The number of hydrogen-bond acceptors (Lipinski definition) is 5. The van der Waals surface area contributed by atoms with Crippen molar-refractivity contribution in [2.24, 2.45) is 0 Å². The van der Waals surface area contributed by atoms with Crippen molar-refractivity contribution in [3.8, 4) is 5.75 Å². The maximum atomic E-state index is 15.1. The Kier molecular flexibility index (Phi) is 11.5. The van der Waals surface area contributed by atoms with E-state index in [2.05, 4.69) is 5.32 Å². The summed E-state index contributed by atoms with van der Waals surface area (Å²) in [6, 6.07) is 26.7. The maximum Gasteiger partial charge on any atom is 0.264 e. The molecule has 0 heterocycles. The molecule has 2 atom stereocenters. The van der Waals surface area contributed by atoms with Crippen LogP contribution in [0.4, 0.5) is 10.1 Å². The fourth-order valence-corrected chi connectivity index (χ4v) is 6.33. The number of amides is 2. The second-order valence-corrected chi connectivity index (χ2v) is 13.0. The minimum Gasteiger partial charge on any atom is -0.497 e. The van der Waals surface area contributed by atoms with Crippen LogP contribution in [-0.2, 0) is 32.6 Å². The summed E-state index contributed by atoms with van der Waals surface area (Å²) in [5.74, 6) is -1.14. The minimum atomic E-state index is -4.27. The molecule has 4 aromatic rings. The summed E-state index contributed by atoms with van der Waals surface area (Å²) in [6.07, 6.45) is 0.797. The Morgan fingerprint density at radius 3 is 2.13 bits per heavy atom. The summed E-state index contributed by atoms with van der Waals surface area (Å²) in [4.78, 5) is 29.6. The zero-order valence-corrected chi connectivity index (χ0v) is 27.3. The Balaban J connectivity index is 1.81. The van der Waals surface area contributed by atoms with Gasteiger partial charge in [-0.05, 0) is 68.3 Å². The normalized spacial score (nSPS) is 12.5. The van der Waals surface area contributed by atoms with Gasteiger partial charge in [0, 0.05) is 24.6 Å². The molecule has 0 unspecified atom stereocenters. The topological polar surface area (TPSA) is 96.0 Å². The molecule has 1 N–H and O–H groups in total. The predicted octanol–water partition coefficient (Wildman–Crippen LogP) is 5.89. The van der Waals surface area contributed by atoms with Crippen LogP contribution in [0, 0.1) is 12.7 Å². The number of ether oxygens (including phenoxy) is 1. The summed E-state index contributed by atoms with van der Waals surface area (Å²) in [5, 5.41) is 2.97. The molecular weight excluding hydrogens is 605 g/mol. The summed E-state index contributed by atoms with van der Waals surface area (Å²) in [7, 11) is -2.79. The maximum absolute atomic E-state index is 15.1. The molecule has 46 heavy (non-hydrogen) atoms. The quantitative estimate of drug-likeness (QED) is 0.185. The molecular formula is C36H40FN3O5S. The van der Waals surface area contributed by atoms with E-state index in [9.17, 15) is 18.0 Å². The Bertz CT molecular complexity index is 1720. The van der Waals surface area contributed by atoms with Crippen molar-refractivity contribution < 1.29 is 27.1 Å². The molecule has 0 aliphatic rings. The van der Waals surface area contributed by atoms with Gasteiger partial charge >= 0.3 is 0 Å². The summed E-state index contributed by atoms with van der Waals surface area (Å²) >= 11 is 0. The van der Waals surface area contributed by atoms with Crippen LogP contribution in [0.5, 0.6) is 5.75 Å². The Morgan fingerprint density at radius 1 is 0.891 bits per heavy atom. The highest BCUT2D eigenvalue weighted by molar-refractivity contribution is 7.92. The lowest BCUT2D eigenvalue weighted by molar-refractivity contribution is -0.140. The predicted molar refractivity (Wildman–Crippen MR) is 177 cm³/mol. The first kappa shape index (κ1) is 34.2. The van der Waals surface area contributed by atoms with Crippen molar-refractivity contribution in [3.05, 3.63) is 126 Å². The number of halogens is 1. The number of sulfonamides is 1. The number of rotatable bonds is 14. The molecule has 2 amide bonds. The lowest BCUT2D eigenvalue weighted by atomic mass is 10.0. The SMILES string of the molecule is CC[C@@H](C)NC(=O)[C@@H](Cc1ccccc1)N(Cc1ccccc1F)C(=O)CN(c1ccc(C)cc1)S(=O)(=O)c1ccc(OC)cc1. The fourth-order valence-electron chi connectivity index (χ4n) is 4.92. The molecule has 0 aromatic heterocycles. The van der Waals surface area contributed by atoms with Crippen molar-refractivity contribution in [2.45, 2.75) is 57.1 Å². The number of anilines is 1. The molecule has 0 saturated heterocycles. The minimum absolute atomic E-state index is 0.0438. The van der Waals surface area contributed by atoms with Crippen LogP contribution < -0.4 is 14.4 Å². The average molecular weight is 646 g/mol. The Hall–Kier alpha value is -4.70. The summed E-state index contributed by atoms with van der Waals surface area (Å²) < 4.78 is 49.6. The molecule has 10 heteroatoms. The number of benzene rings is 4. The number of carbonyl (C=O) groups excluding carboxylic acids is 2. The fraction of sp³-hybridized carbons (Fsp3) is 0.278. The highest BCUT2D eigenvalue weighted by Gasteiger charge is 2.35. The van der Waals surface area contributed by atoms with Crippen LogP contribution in [0.1, 0.15) is 37.0 Å². The van der Waals surface area contributed by atoms with Gasteiger partial charge in [0.05, 0.1) is 17.7 Å². The van der Waals surface area contributed by atoms with Gasteiger partial charge in [0.15, 0.2) is 0 Å². The van der Waals surface area contributed by atoms with Crippen LogP contribution >= 0.6 is 0 Å². The lowest BCUT2D eigenvalue weighted by Gasteiger charge is -2.34. The standard InChI is InChI=1S/C36H40FN3O5S/c1-5-27(3)38-36(42)34(23-28-11-7-6-8-12-28)39(24-29-13-9-10-14-33(29)37)35(41)25-40(30-17-15-26(2)16-18-30)46(43,44)32-21-19-31(45-4)20-22-32/h6-22,27,34H,5,23-25H2,1-4H3,(H,38,42)/t27-,34-/m1/s1. The highest BCUT2D eigenvalue weighted by Crippen LogP contribution is 2.27. The van der Waals surface area contributed by atoms with E-state index in [0.717, 1.165) is 15.4 Å². The van der Waals surface area contributed by atoms with E-state index in [-0.39, 0.29) is 35.2 Å². The zero-order chi connectivity index (χ0) is 33.3. The number of aryl methyl sites for hydroxylation is 1. The number of methoxy groups -OCH3 is 1. The van der Waals surface area contributed by atoms with Crippen molar-refractivity contribution in [3.63, 3.8) is 0 Å². The van der Waals surface area contributed by atoms with Crippen LogP contribution in [-0.4, -0.2) is 50.9 Å². The largest absolute Gasteiger partial charge is 0.497 e. The summed E-state index contributed by atoms with van der Waals surface area (Å²) in [6.45, 7) is 4.79. The van der Waals surface area contributed by atoms with E-state index in [1.807, 2.05) is 51.1 Å². The molecule has 0 radical (unpaired) electrons. The Morgan fingerprint density at radius 2 is 1.52 bits per heavy atom. The van der Waals surface area contributed by atoms with Gasteiger partial charge in [-0.2, -0.15) is 0 Å². The smallest absolute Gasteiger partial charge is 0.264 e. The highest BCUT2D eigenvalue weighted by atomic mass is 32.2. The molecule has 4 rings (SSSR count). The molecule has 0 saturated carbocycles. The zero-order valence-electron chi connectivity index (χ0n) is 26.5. The molecule has 8 nitrogen and oxygen atoms in total. The first-order chi connectivity index (χ1) is 22.0. The molecule has 0 aliphatic carbocycles. The first-order valence-electron chi connectivity index (χ1n) is 15.1. The van der Waals surface area contributed by atoms with Gasteiger partial charge in [0.25, 0.3) is 10.0 Å². The molecule has 0 fully saturated rings.